The van der Waals surface area contributed by atoms with Crippen molar-refractivity contribution >= 4 is 34.8 Å². The van der Waals surface area contributed by atoms with Crippen LogP contribution < -0.4 is 15.5 Å². The monoisotopic (exact) mass is 491 g/mol. The predicted molar refractivity (Wildman–Crippen MR) is 140 cm³/mol. The fourth-order valence-electron chi connectivity index (χ4n) is 4.19. The molecule has 6 nitrogen and oxygen atoms in total. The summed E-state index contributed by atoms with van der Waals surface area (Å²) in [5, 5.41) is 6.47. The van der Waals surface area contributed by atoms with Gasteiger partial charge in [-0.3, -0.25) is 9.59 Å². The number of fused-ring (bicyclic) bond motifs is 1. The quantitative estimate of drug-likeness (QED) is 0.398. The molecule has 0 atom stereocenters. The van der Waals surface area contributed by atoms with Gasteiger partial charge in [0.2, 0.25) is 0 Å². The Hall–Kier alpha value is -3.35. The van der Waals surface area contributed by atoms with Gasteiger partial charge >= 0.3 is 0 Å². The van der Waals surface area contributed by atoms with Crippen LogP contribution >= 0.6 is 11.6 Å². The summed E-state index contributed by atoms with van der Waals surface area (Å²) in [7, 11) is 0. The maximum Gasteiger partial charge on any atom is 0.255 e. The molecule has 182 valence electrons. The number of carbonyl (C=O) groups is 2. The number of hydrogen-bond donors (Lipinski definition) is 2. The molecule has 2 N–H and O–H groups in total. The third-order valence-electron chi connectivity index (χ3n) is 6.03. The highest BCUT2D eigenvalue weighted by Gasteiger charge is 2.22. The molecule has 2 amide bonds. The van der Waals surface area contributed by atoms with E-state index in [4.69, 9.17) is 16.3 Å². The SMILES string of the molecule is CCOCCCNC(=O)c1cc(NC(=O)c2ccc(Cl)cc2)ccc1N1CCc2ccccc2C1. The van der Waals surface area contributed by atoms with Crippen LogP contribution in [-0.2, 0) is 17.7 Å². The predicted octanol–water partition coefficient (Wildman–Crippen LogP) is 5.31. The Morgan fingerprint density at radius 2 is 1.77 bits per heavy atom. The van der Waals surface area contributed by atoms with Crippen LogP contribution in [0.3, 0.4) is 0 Å². The zero-order chi connectivity index (χ0) is 24.6. The van der Waals surface area contributed by atoms with Gasteiger partial charge in [-0.2, -0.15) is 0 Å². The maximum absolute atomic E-state index is 13.2. The molecule has 0 fully saturated rings. The van der Waals surface area contributed by atoms with Gasteiger partial charge in [0.25, 0.3) is 11.8 Å². The van der Waals surface area contributed by atoms with E-state index in [1.54, 1.807) is 30.3 Å². The molecule has 0 saturated heterocycles. The second-order valence-electron chi connectivity index (χ2n) is 8.44. The molecular formula is C28H30ClN3O3. The van der Waals surface area contributed by atoms with Crippen LogP contribution in [0.2, 0.25) is 5.02 Å². The molecule has 7 heteroatoms. The third kappa shape index (κ3) is 6.41. The van der Waals surface area contributed by atoms with Crippen LogP contribution in [0.5, 0.6) is 0 Å². The highest BCUT2D eigenvalue weighted by atomic mass is 35.5. The van der Waals surface area contributed by atoms with Crippen molar-refractivity contribution in [3.63, 3.8) is 0 Å². The Morgan fingerprint density at radius 3 is 2.54 bits per heavy atom. The van der Waals surface area contributed by atoms with Crippen molar-refractivity contribution in [2.45, 2.75) is 26.3 Å². The van der Waals surface area contributed by atoms with Crippen molar-refractivity contribution < 1.29 is 14.3 Å². The molecule has 3 aromatic carbocycles. The third-order valence-corrected chi connectivity index (χ3v) is 6.28. The lowest BCUT2D eigenvalue weighted by atomic mass is 9.98. The van der Waals surface area contributed by atoms with Gasteiger partial charge in [-0.25, -0.2) is 0 Å². The smallest absolute Gasteiger partial charge is 0.255 e. The van der Waals surface area contributed by atoms with E-state index >= 15 is 0 Å². The summed E-state index contributed by atoms with van der Waals surface area (Å²) in [6.07, 6.45) is 1.65. The number of anilines is 2. The summed E-state index contributed by atoms with van der Waals surface area (Å²) < 4.78 is 5.37. The molecule has 1 aliphatic rings. The second kappa shape index (κ2) is 11.9. The first-order valence-corrected chi connectivity index (χ1v) is 12.3. The van der Waals surface area contributed by atoms with Crippen molar-refractivity contribution in [3.8, 4) is 0 Å². The van der Waals surface area contributed by atoms with Gasteiger partial charge in [-0.15, -0.1) is 0 Å². The zero-order valence-electron chi connectivity index (χ0n) is 19.9. The summed E-state index contributed by atoms with van der Waals surface area (Å²) in [6.45, 7) is 5.27. The number of nitrogens with zero attached hydrogens (tertiary/aromatic N) is 1. The van der Waals surface area contributed by atoms with E-state index < -0.39 is 0 Å². The molecule has 35 heavy (non-hydrogen) atoms. The average molecular weight is 492 g/mol. The molecule has 0 bridgehead atoms. The molecule has 3 aromatic rings. The molecule has 0 unspecified atom stereocenters. The Morgan fingerprint density at radius 1 is 1.00 bits per heavy atom. The van der Waals surface area contributed by atoms with E-state index in [2.05, 4.69) is 33.7 Å². The Bertz CT molecular complexity index is 1180. The van der Waals surface area contributed by atoms with Gasteiger partial charge in [0.15, 0.2) is 0 Å². The molecular weight excluding hydrogens is 462 g/mol. The van der Waals surface area contributed by atoms with Crippen LogP contribution in [0.4, 0.5) is 11.4 Å². The molecule has 1 aliphatic heterocycles. The van der Waals surface area contributed by atoms with Crippen LogP contribution in [-0.4, -0.2) is 38.1 Å². The minimum absolute atomic E-state index is 0.169. The number of carbonyl (C=O) groups excluding carboxylic acids is 2. The Balaban J connectivity index is 1.56. The molecule has 0 saturated carbocycles. The van der Waals surface area contributed by atoms with Gasteiger partial charge in [0.05, 0.1) is 5.56 Å². The van der Waals surface area contributed by atoms with Crippen LogP contribution in [0, 0.1) is 0 Å². The lowest BCUT2D eigenvalue weighted by Crippen LogP contribution is -2.33. The van der Waals surface area contributed by atoms with Gasteiger partial charge in [0.1, 0.15) is 0 Å². The molecule has 1 heterocycles. The van der Waals surface area contributed by atoms with E-state index in [1.807, 2.05) is 25.1 Å². The van der Waals surface area contributed by atoms with Crippen molar-refractivity contribution in [1.29, 1.82) is 0 Å². The number of hydrogen-bond acceptors (Lipinski definition) is 4. The average Bonchev–Trinajstić information content (AvgIpc) is 2.88. The molecule has 0 aliphatic carbocycles. The van der Waals surface area contributed by atoms with Crippen molar-refractivity contribution in [2.24, 2.45) is 0 Å². The van der Waals surface area contributed by atoms with Crippen molar-refractivity contribution in [1.82, 2.24) is 5.32 Å². The summed E-state index contributed by atoms with van der Waals surface area (Å²) in [4.78, 5) is 28.2. The van der Waals surface area contributed by atoms with Gasteiger partial charge in [-0.1, -0.05) is 35.9 Å². The number of nitrogens with one attached hydrogen (secondary N) is 2. The van der Waals surface area contributed by atoms with Crippen molar-refractivity contribution in [2.75, 3.05) is 36.5 Å². The minimum atomic E-state index is -0.260. The van der Waals surface area contributed by atoms with Gasteiger partial charge in [0, 0.05) is 54.8 Å². The van der Waals surface area contributed by atoms with Gasteiger partial charge in [-0.05, 0) is 73.4 Å². The number of ether oxygens (including phenoxy) is 1. The lowest BCUT2D eigenvalue weighted by molar-refractivity contribution is 0.0943. The van der Waals surface area contributed by atoms with Crippen LogP contribution in [0.25, 0.3) is 0 Å². The van der Waals surface area contributed by atoms with E-state index in [0.29, 0.717) is 41.6 Å². The first-order chi connectivity index (χ1) is 17.0. The van der Waals surface area contributed by atoms with E-state index in [1.165, 1.54) is 11.1 Å². The number of amides is 2. The number of halogens is 1. The summed E-state index contributed by atoms with van der Waals surface area (Å²) in [5.74, 6) is -0.428. The minimum Gasteiger partial charge on any atom is -0.382 e. The second-order valence-corrected chi connectivity index (χ2v) is 8.88. The Labute approximate surface area is 211 Å². The largest absolute Gasteiger partial charge is 0.382 e. The summed E-state index contributed by atoms with van der Waals surface area (Å²) in [5.41, 5.74) is 5.05. The first-order valence-electron chi connectivity index (χ1n) is 11.9. The fourth-order valence-corrected chi connectivity index (χ4v) is 4.32. The Kier molecular flexibility index (Phi) is 8.40. The number of benzene rings is 3. The maximum atomic E-state index is 13.2. The highest BCUT2D eigenvalue weighted by molar-refractivity contribution is 6.30. The van der Waals surface area contributed by atoms with E-state index in [0.717, 1.165) is 31.6 Å². The zero-order valence-corrected chi connectivity index (χ0v) is 20.6. The lowest BCUT2D eigenvalue weighted by Gasteiger charge is -2.32. The topological polar surface area (TPSA) is 70.7 Å². The molecule has 0 aromatic heterocycles. The molecule has 4 rings (SSSR count). The van der Waals surface area contributed by atoms with E-state index in [9.17, 15) is 9.59 Å². The summed E-state index contributed by atoms with van der Waals surface area (Å²) >= 11 is 5.94. The molecule has 0 spiro atoms. The highest BCUT2D eigenvalue weighted by Crippen LogP contribution is 2.30. The van der Waals surface area contributed by atoms with E-state index in [-0.39, 0.29) is 11.8 Å². The van der Waals surface area contributed by atoms with Crippen LogP contribution in [0.15, 0.2) is 66.7 Å². The van der Waals surface area contributed by atoms with Crippen molar-refractivity contribution in [3.05, 3.63) is 94.0 Å². The van der Waals surface area contributed by atoms with Crippen LogP contribution in [0.1, 0.15) is 45.2 Å². The first kappa shape index (κ1) is 24.8. The normalized spacial score (nSPS) is 12.7. The molecule has 0 radical (unpaired) electrons. The standard InChI is InChI=1S/C28H30ClN3O3/c1-2-35-17-5-15-30-28(34)25-18-24(31-27(33)21-8-10-23(29)11-9-21)12-13-26(25)32-16-14-20-6-3-4-7-22(20)19-32/h3-4,6-13,18H,2,5,14-17,19H2,1H3,(H,30,34)(H,31,33). The van der Waals surface area contributed by atoms with Gasteiger partial charge < -0.3 is 20.3 Å². The summed E-state index contributed by atoms with van der Waals surface area (Å²) in [6, 6.07) is 20.6. The number of rotatable bonds is 9. The fraction of sp³-hybridized carbons (Fsp3) is 0.286.